The van der Waals surface area contributed by atoms with E-state index >= 15 is 0 Å². The van der Waals surface area contributed by atoms with Gasteiger partial charge in [0.15, 0.2) is 0 Å². The molecule has 9 heteroatoms. The molecule has 2 heterocycles. The van der Waals surface area contributed by atoms with Gasteiger partial charge in [-0.05, 0) is 29.3 Å². The van der Waals surface area contributed by atoms with E-state index in [1.165, 1.54) is 0 Å². The lowest BCUT2D eigenvalue weighted by Crippen LogP contribution is -2.11. The van der Waals surface area contributed by atoms with Gasteiger partial charge in [-0.25, -0.2) is 5.48 Å². The first kappa shape index (κ1) is 17.4. The zero-order valence-electron chi connectivity index (χ0n) is 14.2. The van der Waals surface area contributed by atoms with E-state index in [1.54, 1.807) is 19.5 Å². The zero-order valence-corrected chi connectivity index (χ0v) is 14.2. The van der Waals surface area contributed by atoms with Gasteiger partial charge >= 0.3 is 0 Å². The van der Waals surface area contributed by atoms with Crippen LogP contribution in [0.2, 0.25) is 0 Å². The standard InChI is InChI=1S/C17H19N7O2/c1-26-14-6-2-4-12(8-14)10-19-15-21-16(23-17(22-15)24-25)20-11-13-5-3-7-18-9-13/h2-9,25H,10-11H2,1H3,(H3,19,20,21,22,23,24). The van der Waals surface area contributed by atoms with Crippen molar-refractivity contribution in [3.05, 3.63) is 59.9 Å². The van der Waals surface area contributed by atoms with Crippen LogP contribution in [0.1, 0.15) is 11.1 Å². The summed E-state index contributed by atoms with van der Waals surface area (Å²) in [5, 5.41) is 15.3. The van der Waals surface area contributed by atoms with Gasteiger partial charge in [-0.3, -0.25) is 10.2 Å². The Labute approximate surface area is 150 Å². The molecule has 0 saturated heterocycles. The predicted molar refractivity (Wildman–Crippen MR) is 97.1 cm³/mol. The van der Waals surface area contributed by atoms with Crippen LogP contribution in [0.25, 0.3) is 0 Å². The number of rotatable bonds is 8. The van der Waals surface area contributed by atoms with Crippen LogP contribution in [0.15, 0.2) is 48.8 Å². The summed E-state index contributed by atoms with van der Waals surface area (Å²) in [4.78, 5) is 16.5. The second kappa shape index (κ2) is 8.58. The van der Waals surface area contributed by atoms with Crippen molar-refractivity contribution in [2.45, 2.75) is 13.1 Å². The molecule has 26 heavy (non-hydrogen) atoms. The van der Waals surface area contributed by atoms with E-state index in [-0.39, 0.29) is 5.95 Å². The molecular weight excluding hydrogens is 334 g/mol. The molecule has 3 rings (SSSR count). The molecule has 0 unspecified atom stereocenters. The van der Waals surface area contributed by atoms with Gasteiger partial charge in [0.05, 0.1) is 7.11 Å². The smallest absolute Gasteiger partial charge is 0.253 e. The van der Waals surface area contributed by atoms with Gasteiger partial charge in [0.2, 0.25) is 11.9 Å². The van der Waals surface area contributed by atoms with E-state index in [1.807, 2.05) is 41.9 Å². The maximum absolute atomic E-state index is 9.14. The predicted octanol–water partition coefficient (Wildman–Crippen LogP) is 2.30. The number of hydrogen-bond acceptors (Lipinski definition) is 9. The number of ether oxygens (including phenoxy) is 1. The van der Waals surface area contributed by atoms with E-state index in [2.05, 4.69) is 30.6 Å². The van der Waals surface area contributed by atoms with Crippen molar-refractivity contribution in [3.63, 3.8) is 0 Å². The molecule has 3 aromatic rings. The van der Waals surface area contributed by atoms with Crippen LogP contribution in [0.5, 0.6) is 5.75 Å². The third kappa shape index (κ3) is 4.77. The third-order valence-corrected chi connectivity index (χ3v) is 3.49. The van der Waals surface area contributed by atoms with Gasteiger partial charge in [-0.2, -0.15) is 15.0 Å². The first-order chi connectivity index (χ1) is 12.8. The molecule has 0 bridgehead atoms. The Bertz CT molecular complexity index is 846. The van der Waals surface area contributed by atoms with Crippen LogP contribution in [0.4, 0.5) is 17.8 Å². The van der Waals surface area contributed by atoms with Crippen molar-refractivity contribution in [2.24, 2.45) is 0 Å². The zero-order chi connectivity index (χ0) is 18.2. The lowest BCUT2D eigenvalue weighted by molar-refractivity contribution is 0.382. The minimum atomic E-state index is 0.0434. The van der Waals surface area contributed by atoms with Gasteiger partial charge in [0.25, 0.3) is 5.95 Å². The molecule has 134 valence electrons. The molecule has 4 N–H and O–H groups in total. The molecule has 0 fully saturated rings. The van der Waals surface area contributed by atoms with Crippen molar-refractivity contribution < 1.29 is 9.94 Å². The fourth-order valence-electron chi connectivity index (χ4n) is 2.23. The monoisotopic (exact) mass is 353 g/mol. The molecule has 0 radical (unpaired) electrons. The average molecular weight is 353 g/mol. The molecule has 2 aromatic heterocycles. The second-order valence-corrected chi connectivity index (χ2v) is 5.34. The van der Waals surface area contributed by atoms with Crippen LogP contribution in [-0.2, 0) is 13.1 Å². The molecule has 0 amide bonds. The summed E-state index contributed by atoms with van der Waals surface area (Å²) in [5.41, 5.74) is 3.94. The van der Waals surface area contributed by atoms with Crippen LogP contribution in [-0.4, -0.2) is 32.3 Å². The maximum atomic E-state index is 9.14. The first-order valence-electron chi connectivity index (χ1n) is 7.92. The minimum absolute atomic E-state index is 0.0434. The van der Waals surface area contributed by atoms with E-state index in [4.69, 9.17) is 9.94 Å². The highest BCUT2D eigenvalue weighted by Gasteiger charge is 2.06. The minimum Gasteiger partial charge on any atom is -0.497 e. The largest absolute Gasteiger partial charge is 0.497 e. The van der Waals surface area contributed by atoms with Crippen molar-refractivity contribution in [1.82, 2.24) is 19.9 Å². The topological polar surface area (TPSA) is 117 Å². The van der Waals surface area contributed by atoms with E-state index in [0.717, 1.165) is 16.9 Å². The van der Waals surface area contributed by atoms with Gasteiger partial charge in [0.1, 0.15) is 5.75 Å². The Kier molecular flexibility index (Phi) is 5.73. The summed E-state index contributed by atoms with van der Waals surface area (Å²) in [5.74, 6) is 1.47. The van der Waals surface area contributed by atoms with Crippen LogP contribution >= 0.6 is 0 Å². The van der Waals surface area contributed by atoms with Gasteiger partial charge < -0.3 is 15.4 Å². The maximum Gasteiger partial charge on any atom is 0.253 e. The van der Waals surface area contributed by atoms with E-state index in [0.29, 0.717) is 25.0 Å². The van der Waals surface area contributed by atoms with E-state index < -0.39 is 0 Å². The molecular formula is C17H19N7O2. The Morgan fingerprint density at radius 1 is 0.923 bits per heavy atom. The lowest BCUT2D eigenvalue weighted by atomic mass is 10.2. The number of aromatic nitrogens is 4. The number of benzene rings is 1. The number of pyridine rings is 1. The molecule has 0 aliphatic carbocycles. The first-order valence-corrected chi connectivity index (χ1v) is 7.92. The van der Waals surface area contributed by atoms with Crippen LogP contribution < -0.4 is 20.9 Å². The fourth-order valence-corrected chi connectivity index (χ4v) is 2.23. The molecule has 1 aromatic carbocycles. The lowest BCUT2D eigenvalue weighted by Gasteiger charge is -2.10. The quantitative estimate of drug-likeness (QED) is 0.452. The van der Waals surface area contributed by atoms with Crippen LogP contribution in [0.3, 0.4) is 0 Å². The van der Waals surface area contributed by atoms with Crippen molar-refractivity contribution in [3.8, 4) is 5.75 Å². The highest BCUT2D eigenvalue weighted by molar-refractivity contribution is 5.42. The Morgan fingerprint density at radius 3 is 2.27 bits per heavy atom. The van der Waals surface area contributed by atoms with E-state index in [9.17, 15) is 0 Å². The van der Waals surface area contributed by atoms with Crippen molar-refractivity contribution in [2.75, 3.05) is 23.2 Å². The number of nitrogens with one attached hydrogen (secondary N) is 3. The second-order valence-electron chi connectivity index (χ2n) is 5.34. The number of hydrogen-bond donors (Lipinski definition) is 4. The molecule has 0 aliphatic heterocycles. The van der Waals surface area contributed by atoms with Gasteiger partial charge in [-0.15, -0.1) is 0 Å². The molecule has 0 atom stereocenters. The third-order valence-electron chi connectivity index (χ3n) is 3.49. The number of nitrogens with zero attached hydrogens (tertiary/aromatic N) is 4. The Hall–Kier alpha value is -3.46. The summed E-state index contributed by atoms with van der Waals surface area (Å²) in [6, 6.07) is 11.5. The summed E-state index contributed by atoms with van der Waals surface area (Å²) in [6.45, 7) is 0.992. The fraction of sp³-hybridized carbons (Fsp3) is 0.176. The van der Waals surface area contributed by atoms with Gasteiger partial charge in [-0.1, -0.05) is 18.2 Å². The summed E-state index contributed by atoms with van der Waals surface area (Å²) >= 11 is 0. The summed E-state index contributed by atoms with van der Waals surface area (Å²) < 4.78 is 5.21. The highest BCUT2D eigenvalue weighted by Crippen LogP contribution is 2.15. The molecule has 0 saturated carbocycles. The highest BCUT2D eigenvalue weighted by atomic mass is 16.5. The van der Waals surface area contributed by atoms with Crippen LogP contribution in [0, 0.1) is 0 Å². The van der Waals surface area contributed by atoms with Crippen molar-refractivity contribution >= 4 is 17.8 Å². The summed E-state index contributed by atoms with van der Waals surface area (Å²) in [7, 11) is 1.62. The normalized spacial score (nSPS) is 10.2. The van der Waals surface area contributed by atoms with Crippen molar-refractivity contribution in [1.29, 1.82) is 0 Å². The average Bonchev–Trinajstić information content (AvgIpc) is 2.71. The number of methoxy groups -OCH3 is 1. The number of anilines is 3. The van der Waals surface area contributed by atoms with Gasteiger partial charge in [0, 0.05) is 25.5 Å². The Balaban J connectivity index is 1.68. The molecule has 9 nitrogen and oxygen atoms in total. The SMILES string of the molecule is COc1cccc(CNc2nc(NO)nc(NCc3cccnc3)n2)c1. The Morgan fingerprint density at radius 2 is 1.62 bits per heavy atom. The molecule has 0 spiro atoms. The summed E-state index contributed by atoms with van der Waals surface area (Å²) in [6.07, 6.45) is 3.46. The molecule has 0 aliphatic rings.